The Morgan fingerprint density at radius 3 is 2.24 bits per heavy atom. The maximum absolute atomic E-state index is 12.9. The van der Waals surface area contributed by atoms with E-state index in [9.17, 15) is 9.59 Å². The minimum atomic E-state index is 0.0467. The van der Waals surface area contributed by atoms with Gasteiger partial charge in [0.15, 0.2) is 11.0 Å². The fraction of sp³-hybridized carbons (Fsp3) is 0.333. The van der Waals surface area contributed by atoms with Gasteiger partial charge in [-0.25, -0.2) is 0 Å². The van der Waals surface area contributed by atoms with Gasteiger partial charge in [0.2, 0.25) is 11.8 Å². The Morgan fingerprint density at radius 2 is 1.58 bits per heavy atom. The van der Waals surface area contributed by atoms with Crippen LogP contribution in [0.3, 0.4) is 0 Å². The summed E-state index contributed by atoms with van der Waals surface area (Å²) in [6, 6.07) is 17.3. The number of thioether (sulfide) groups is 1. The predicted octanol–water partition coefficient (Wildman–Crippen LogP) is 3.76. The van der Waals surface area contributed by atoms with E-state index in [1.807, 2.05) is 69.0 Å². The third-order valence-corrected chi connectivity index (χ3v) is 7.11. The molecule has 9 heteroatoms. The average Bonchev–Trinajstić information content (AvgIpc) is 3.63. The molecule has 5 rings (SSSR count). The molecule has 33 heavy (non-hydrogen) atoms. The summed E-state index contributed by atoms with van der Waals surface area (Å²) in [4.78, 5) is 28.9. The van der Waals surface area contributed by atoms with Crippen LogP contribution in [0, 0.1) is 5.92 Å². The molecule has 2 amide bonds. The first-order chi connectivity index (χ1) is 16.1. The average molecular weight is 482 g/mol. The number of benzene rings is 2. The van der Waals surface area contributed by atoms with E-state index in [1.54, 1.807) is 0 Å². The molecule has 2 aliphatic rings. The Bertz CT molecular complexity index is 1140. The van der Waals surface area contributed by atoms with Crippen molar-refractivity contribution in [1.29, 1.82) is 0 Å². The quantitative estimate of drug-likeness (QED) is 0.501. The van der Waals surface area contributed by atoms with Crippen LogP contribution >= 0.6 is 23.4 Å². The van der Waals surface area contributed by atoms with Gasteiger partial charge in [-0.1, -0.05) is 53.7 Å². The molecule has 1 saturated carbocycles. The van der Waals surface area contributed by atoms with Crippen molar-refractivity contribution in [2.45, 2.75) is 18.0 Å². The lowest BCUT2D eigenvalue weighted by atomic mass is 10.2. The van der Waals surface area contributed by atoms with Crippen LogP contribution in [0.1, 0.15) is 12.8 Å². The number of halogens is 1. The number of hydrogen-bond acceptors (Lipinski definition) is 5. The first kappa shape index (κ1) is 22.0. The number of aromatic nitrogens is 3. The summed E-state index contributed by atoms with van der Waals surface area (Å²) in [6.07, 6.45) is 2.02. The molecule has 0 radical (unpaired) electrons. The van der Waals surface area contributed by atoms with Crippen LogP contribution in [-0.2, 0) is 9.59 Å². The molecule has 0 bridgehead atoms. The third kappa shape index (κ3) is 4.91. The van der Waals surface area contributed by atoms with Gasteiger partial charge >= 0.3 is 0 Å². The van der Waals surface area contributed by atoms with Crippen LogP contribution in [0.4, 0.5) is 0 Å². The molecule has 3 aromatic rings. The normalized spacial score (nSPS) is 16.2. The van der Waals surface area contributed by atoms with Gasteiger partial charge in [0, 0.05) is 48.4 Å². The minimum absolute atomic E-state index is 0.0467. The van der Waals surface area contributed by atoms with Gasteiger partial charge in [-0.2, -0.15) is 0 Å². The molecule has 0 unspecified atom stereocenters. The fourth-order valence-corrected chi connectivity index (χ4v) is 4.92. The summed E-state index contributed by atoms with van der Waals surface area (Å²) >= 11 is 7.46. The Morgan fingerprint density at radius 1 is 0.909 bits per heavy atom. The molecule has 1 aromatic heterocycles. The molecular weight excluding hydrogens is 458 g/mol. The standard InChI is InChI=1S/C24H24ClN5O2S/c25-19-8-10-20(11-9-19)30-22(17-4-2-1-3-5-17)26-27-24(30)33-16-21(31)28-12-14-29(15-13-28)23(32)18-6-7-18/h1-5,8-11,18H,6-7,12-16H2. The molecule has 7 nitrogen and oxygen atoms in total. The summed E-state index contributed by atoms with van der Waals surface area (Å²) < 4.78 is 1.95. The lowest BCUT2D eigenvalue weighted by Gasteiger charge is -2.34. The van der Waals surface area contributed by atoms with Crippen molar-refractivity contribution < 1.29 is 9.59 Å². The second kappa shape index (κ2) is 9.57. The molecule has 1 saturated heterocycles. The second-order valence-corrected chi connectivity index (χ2v) is 9.63. The Labute approximate surface area is 201 Å². The molecular formula is C24H24ClN5O2S. The van der Waals surface area contributed by atoms with E-state index in [4.69, 9.17) is 11.6 Å². The SMILES string of the molecule is O=C(CSc1nnc(-c2ccccc2)n1-c1ccc(Cl)cc1)N1CCN(C(=O)C2CC2)CC1. The van der Waals surface area contributed by atoms with Gasteiger partial charge in [0.25, 0.3) is 0 Å². The maximum Gasteiger partial charge on any atom is 0.233 e. The van der Waals surface area contributed by atoms with Crippen molar-refractivity contribution in [3.8, 4) is 17.1 Å². The summed E-state index contributed by atoms with van der Waals surface area (Å²) in [5, 5.41) is 10.1. The zero-order valence-corrected chi connectivity index (χ0v) is 19.6. The van der Waals surface area contributed by atoms with Crippen LogP contribution in [0.25, 0.3) is 17.1 Å². The number of carbonyl (C=O) groups excluding carboxylic acids is 2. The van der Waals surface area contributed by atoms with Crippen LogP contribution < -0.4 is 0 Å². The molecule has 0 atom stereocenters. The van der Waals surface area contributed by atoms with Crippen molar-refractivity contribution >= 4 is 35.2 Å². The highest BCUT2D eigenvalue weighted by Crippen LogP contribution is 2.31. The van der Waals surface area contributed by atoms with Gasteiger partial charge < -0.3 is 9.80 Å². The Balaban J connectivity index is 1.29. The van der Waals surface area contributed by atoms with E-state index in [0.29, 0.717) is 42.2 Å². The highest BCUT2D eigenvalue weighted by atomic mass is 35.5. The van der Waals surface area contributed by atoms with E-state index in [1.165, 1.54) is 11.8 Å². The predicted molar refractivity (Wildman–Crippen MR) is 128 cm³/mol. The minimum Gasteiger partial charge on any atom is -0.339 e. The van der Waals surface area contributed by atoms with Gasteiger partial charge in [0.1, 0.15) is 0 Å². The molecule has 0 spiro atoms. The summed E-state index contributed by atoms with van der Waals surface area (Å²) in [5.41, 5.74) is 1.82. The Hall–Kier alpha value is -2.84. The van der Waals surface area contributed by atoms with Crippen molar-refractivity contribution in [3.63, 3.8) is 0 Å². The van der Waals surface area contributed by atoms with Gasteiger partial charge in [-0.15, -0.1) is 10.2 Å². The summed E-state index contributed by atoms with van der Waals surface area (Å²) in [7, 11) is 0. The van der Waals surface area contributed by atoms with Crippen LogP contribution in [-0.4, -0.2) is 68.3 Å². The van der Waals surface area contributed by atoms with Crippen molar-refractivity contribution in [2.24, 2.45) is 5.92 Å². The zero-order chi connectivity index (χ0) is 22.8. The van der Waals surface area contributed by atoms with Crippen LogP contribution in [0.5, 0.6) is 0 Å². The second-order valence-electron chi connectivity index (χ2n) is 8.25. The molecule has 2 aromatic carbocycles. The van der Waals surface area contributed by atoms with Crippen LogP contribution in [0.15, 0.2) is 59.8 Å². The van der Waals surface area contributed by atoms with E-state index in [-0.39, 0.29) is 23.5 Å². The first-order valence-corrected chi connectivity index (χ1v) is 12.4. The molecule has 2 heterocycles. The fourth-order valence-electron chi connectivity index (χ4n) is 3.94. The summed E-state index contributed by atoms with van der Waals surface area (Å²) in [6.45, 7) is 2.39. The number of piperazine rings is 1. The lowest BCUT2D eigenvalue weighted by Crippen LogP contribution is -2.51. The molecule has 1 aliphatic heterocycles. The Kier molecular flexibility index (Phi) is 6.37. The molecule has 0 N–H and O–H groups in total. The van der Waals surface area contributed by atoms with E-state index in [0.717, 1.165) is 24.1 Å². The number of rotatable bonds is 6. The molecule has 170 valence electrons. The van der Waals surface area contributed by atoms with E-state index in [2.05, 4.69) is 10.2 Å². The topological polar surface area (TPSA) is 71.3 Å². The van der Waals surface area contributed by atoms with Crippen LogP contribution in [0.2, 0.25) is 5.02 Å². The van der Waals surface area contributed by atoms with Crippen molar-refractivity contribution in [1.82, 2.24) is 24.6 Å². The molecule has 1 aliphatic carbocycles. The van der Waals surface area contributed by atoms with E-state index >= 15 is 0 Å². The highest BCUT2D eigenvalue weighted by Gasteiger charge is 2.35. The third-order valence-electron chi connectivity index (χ3n) is 5.95. The van der Waals surface area contributed by atoms with Gasteiger partial charge in [-0.3, -0.25) is 14.2 Å². The lowest BCUT2D eigenvalue weighted by molar-refractivity contribution is -0.139. The highest BCUT2D eigenvalue weighted by molar-refractivity contribution is 7.99. The first-order valence-electron chi connectivity index (χ1n) is 11.1. The monoisotopic (exact) mass is 481 g/mol. The van der Waals surface area contributed by atoms with Crippen molar-refractivity contribution in [3.05, 3.63) is 59.6 Å². The maximum atomic E-state index is 12.9. The number of carbonyl (C=O) groups is 2. The largest absolute Gasteiger partial charge is 0.339 e. The molecule has 2 fully saturated rings. The van der Waals surface area contributed by atoms with E-state index < -0.39 is 0 Å². The summed E-state index contributed by atoms with van der Waals surface area (Å²) in [5.74, 6) is 1.49. The van der Waals surface area contributed by atoms with Gasteiger partial charge in [0.05, 0.1) is 5.75 Å². The number of nitrogens with zero attached hydrogens (tertiary/aromatic N) is 5. The van der Waals surface area contributed by atoms with Gasteiger partial charge in [-0.05, 0) is 37.1 Å². The number of hydrogen-bond donors (Lipinski definition) is 0. The number of amides is 2. The smallest absolute Gasteiger partial charge is 0.233 e. The zero-order valence-electron chi connectivity index (χ0n) is 18.1. The van der Waals surface area contributed by atoms with Crippen molar-refractivity contribution in [2.75, 3.05) is 31.9 Å².